The average molecular weight is 307 g/mol. The third-order valence-corrected chi connectivity index (χ3v) is 3.69. The van der Waals surface area contributed by atoms with Crippen molar-refractivity contribution in [2.75, 3.05) is 13.2 Å². The van der Waals surface area contributed by atoms with E-state index >= 15 is 0 Å². The zero-order valence-electron chi connectivity index (χ0n) is 11.8. The molecule has 1 aliphatic rings. The predicted octanol–water partition coefficient (Wildman–Crippen LogP) is 2.26. The van der Waals surface area contributed by atoms with Gasteiger partial charge in [-0.05, 0) is 18.4 Å². The molecule has 1 aromatic carbocycles. The number of nitrogens with zero attached hydrogens (tertiary/aromatic N) is 1. The van der Waals surface area contributed by atoms with Crippen LogP contribution >= 0.6 is 8.60 Å². The number of ether oxygens (including phenoxy) is 2. The summed E-state index contributed by atoms with van der Waals surface area (Å²) in [5.74, 6) is 0. The molecule has 3 atom stereocenters. The van der Waals surface area contributed by atoms with Crippen molar-refractivity contribution < 1.29 is 19.1 Å². The lowest BCUT2D eigenvalue weighted by Crippen LogP contribution is -2.30. The fourth-order valence-electron chi connectivity index (χ4n) is 2.27. The Morgan fingerprint density at radius 1 is 1.38 bits per heavy atom. The largest absolute Gasteiger partial charge is 0.388 e. The van der Waals surface area contributed by atoms with E-state index in [9.17, 15) is 5.11 Å². The minimum absolute atomic E-state index is 0.0325. The summed E-state index contributed by atoms with van der Waals surface area (Å²) in [6.07, 6.45) is 0.863. The van der Waals surface area contributed by atoms with Gasteiger partial charge in [-0.2, -0.15) is 0 Å². The number of hydrogen-bond donors (Lipinski definition) is 1. The molecule has 2 radical (unpaired) electrons. The maximum absolute atomic E-state index is 9.92. The molecule has 1 aromatic rings. The summed E-state index contributed by atoms with van der Waals surface area (Å²) in [7, 11) is 5.27. The van der Waals surface area contributed by atoms with E-state index in [1.807, 2.05) is 30.3 Å². The summed E-state index contributed by atoms with van der Waals surface area (Å²) in [6.45, 7) is 1.29. The van der Waals surface area contributed by atoms with E-state index in [4.69, 9.17) is 22.0 Å². The summed E-state index contributed by atoms with van der Waals surface area (Å²) < 4.78 is 19.8. The van der Waals surface area contributed by atoms with Crippen molar-refractivity contribution >= 4 is 16.6 Å². The third-order valence-electron chi connectivity index (χ3n) is 3.34. The highest BCUT2D eigenvalue weighted by atomic mass is 31.1. The van der Waals surface area contributed by atoms with Gasteiger partial charge in [0.15, 0.2) is 8.60 Å². The van der Waals surface area contributed by atoms with Crippen LogP contribution in [0.4, 0.5) is 0 Å². The van der Waals surface area contributed by atoms with Crippen LogP contribution in [0.15, 0.2) is 35.0 Å². The quantitative estimate of drug-likeness (QED) is 0.591. The van der Waals surface area contributed by atoms with Crippen LogP contribution in [0.3, 0.4) is 0 Å². The van der Waals surface area contributed by atoms with Gasteiger partial charge in [-0.3, -0.25) is 0 Å². The molecule has 3 unspecified atom stereocenters. The lowest BCUT2D eigenvalue weighted by Gasteiger charge is -2.18. The smallest absolute Gasteiger partial charge is 0.269 e. The number of benzene rings is 1. The van der Waals surface area contributed by atoms with Gasteiger partial charge in [0.2, 0.25) is 0 Å². The summed E-state index contributed by atoms with van der Waals surface area (Å²) in [5, 5.41) is 9.92. The number of hydrogen-bond acceptors (Lipinski definition) is 5. The molecule has 0 spiro atoms. The van der Waals surface area contributed by atoms with Crippen molar-refractivity contribution in [1.82, 2.24) is 0 Å². The van der Waals surface area contributed by atoms with Gasteiger partial charge in [0, 0.05) is 0 Å². The van der Waals surface area contributed by atoms with Crippen molar-refractivity contribution in [2.24, 2.45) is 4.66 Å². The van der Waals surface area contributed by atoms with E-state index in [1.165, 1.54) is 0 Å². The molecule has 21 heavy (non-hydrogen) atoms. The van der Waals surface area contributed by atoms with E-state index < -0.39 is 6.10 Å². The number of aliphatic hydroxyl groups is 1. The van der Waals surface area contributed by atoms with Crippen LogP contribution in [0.5, 0.6) is 0 Å². The Morgan fingerprint density at radius 3 is 2.95 bits per heavy atom. The molecule has 0 saturated carbocycles. The Morgan fingerprint density at radius 2 is 2.19 bits per heavy atom. The van der Waals surface area contributed by atoms with E-state index in [0.717, 1.165) is 18.4 Å². The Hall–Kier alpha value is -0.775. The summed E-state index contributed by atoms with van der Waals surface area (Å²) in [6, 6.07) is 10.0. The first-order valence-electron chi connectivity index (χ1n) is 6.97. The molecule has 0 bridgehead atoms. The zero-order valence-corrected chi connectivity index (χ0v) is 12.7. The molecule has 0 amide bonds. The summed E-state index contributed by atoms with van der Waals surface area (Å²) in [5.41, 5.74) is 1.14. The third kappa shape index (κ3) is 5.85. The van der Waals surface area contributed by atoms with Crippen LogP contribution < -0.4 is 0 Å². The molecule has 5 nitrogen and oxygen atoms in total. The number of rotatable bonds is 8. The normalized spacial score (nSPS) is 23.7. The summed E-state index contributed by atoms with van der Waals surface area (Å²) >= 11 is 0. The van der Waals surface area contributed by atoms with Gasteiger partial charge in [-0.25, -0.2) is 0 Å². The minimum Gasteiger partial charge on any atom is -0.388 e. The van der Waals surface area contributed by atoms with Crippen molar-refractivity contribution in [3.05, 3.63) is 35.9 Å². The van der Waals surface area contributed by atoms with Crippen molar-refractivity contribution in [3.8, 4) is 0 Å². The first-order valence-corrected chi connectivity index (χ1v) is 7.73. The van der Waals surface area contributed by atoms with Crippen molar-refractivity contribution in [1.29, 1.82) is 0 Å². The summed E-state index contributed by atoms with van der Waals surface area (Å²) in [4.78, 5) is 0. The molecule has 0 aromatic heterocycles. The van der Waals surface area contributed by atoms with Gasteiger partial charge >= 0.3 is 0 Å². The minimum atomic E-state index is -0.654. The van der Waals surface area contributed by atoms with E-state index in [1.54, 1.807) is 0 Å². The lowest BCUT2D eigenvalue weighted by atomic mass is 10.1. The monoisotopic (exact) mass is 307 g/mol. The van der Waals surface area contributed by atoms with Gasteiger partial charge in [-0.1, -0.05) is 30.3 Å². The van der Waals surface area contributed by atoms with Gasteiger partial charge in [0.1, 0.15) is 6.10 Å². The molecule has 1 aliphatic heterocycles. The van der Waals surface area contributed by atoms with Gasteiger partial charge in [-0.15, -0.1) is 0 Å². The molecule has 1 fully saturated rings. The van der Waals surface area contributed by atoms with Gasteiger partial charge in [0.05, 0.1) is 32.0 Å². The maximum Gasteiger partial charge on any atom is 0.269 e. The second-order valence-electron chi connectivity index (χ2n) is 4.93. The Kier molecular flexibility index (Phi) is 7.34. The predicted molar refractivity (Wildman–Crippen MR) is 81.1 cm³/mol. The highest BCUT2D eigenvalue weighted by Crippen LogP contribution is 2.23. The lowest BCUT2D eigenvalue weighted by molar-refractivity contribution is -0.0714. The van der Waals surface area contributed by atoms with Gasteiger partial charge in [0.25, 0.3) is 7.98 Å². The van der Waals surface area contributed by atoms with Crippen LogP contribution in [0.2, 0.25) is 0 Å². The van der Waals surface area contributed by atoms with E-state index in [2.05, 4.69) is 4.66 Å². The first-order chi connectivity index (χ1) is 10.3. The maximum atomic E-state index is 9.92. The van der Waals surface area contributed by atoms with E-state index in [0.29, 0.717) is 21.8 Å². The number of aliphatic hydroxyl groups excluding tert-OH is 1. The molecule has 2 rings (SSSR count). The first kappa shape index (κ1) is 16.6. The van der Waals surface area contributed by atoms with Crippen LogP contribution in [0, 0.1) is 0 Å². The average Bonchev–Trinajstić information content (AvgIpc) is 2.97. The molecule has 0 aliphatic carbocycles. The second kappa shape index (κ2) is 9.28. The second-order valence-corrected chi connectivity index (χ2v) is 5.59. The molecule has 1 heterocycles. The fourth-order valence-corrected chi connectivity index (χ4v) is 2.56. The highest BCUT2D eigenvalue weighted by molar-refractivity contribution is 7.21. The Bertz CT molecular complexity index is 434. The van der Waals surface area contributed by atoms with Crippen molar-refractivity contribution in [2.45, 2.75) is 37.8 Å². The van der Waals surface area contributed by atoms with Crippen LogP contribution in [0.25, 0.3) is 0 Å². The highest BCUT2D eigenvalue weighted by Gasteiger charge is 2.30. The standard InChI is InChI=1S/C14H19BNO4P/c15-16-21-19-10-13(17)14-7-6-12(20-14)9-18-8-11-4-2-1-3-5-11/h1-5,12-14,17H,6-10H2. The van der Waals surface area contributed by atoms with Crippen LogP contribution in [0.1, 0.15) is 18.4 Å². The molecule has 1 saturated heterocycles. The Balaban J connectivity index is 1.63. The fraction of sp³-hybridized carbons (Fsp3) is 0.571. The zero-order chi connectivity index (χ0) is 14.9. The van der Waals surface area contributed by atoms with Crippen LogP contribution in [-0.4, -0.2) is 44.6 Å². The molecule has 112 valence electrons. The molecule has 7 heteroatoms. The Labute approximate surface area is 128 Å². The molecular weight excluding hydrogens is 288 g/mol. The van der Waals surface area contributed by atoms with Gasteiger partial charge < -0.3 is 23.8 Å². The molecular formula is C14H19BNO4P. The van der Waals surface area contributed by atoms with Crippen molar-refractivity contribution in [3.63, 3.8) is 0 Å². The molecule has 1 N–H and O–H groups in total. The van der Waals surface area contributed by atoms with E-state index in [-0.39, 0.29) is 18.8 Å². The topological polar surface area (TPSA) is 60.3 Å². The van der Waals surface area contributed by atoms with Crippen LogP contribution in [-0.2, 0) is 20.6 Å². The SMILES string of the molecule is [B]N=POCC(O)C1CCC(COCc2ccccc2)O1.